The van der Waals surface area contributed by atoms with E-state index in [-0.39, 0.29) is 0 Å². The van der Waals surface area contributed by atoms with Crippen molar-refractivity contribution in [3.05, 3.63) is 42.0 Å². The standard InChI is InChI=1S/C14H17N3O2/c1-2-6-12(7-3-1)18-10-13-16-14(17-19-13)11-5-4-8-15-9-11/h1-3,6-7,11,15H,4-5,8-10H2/t11-/m0/s1. The minimum Gasteiger partial charge on any atom is -0.484 e. The van der Waals surface area contributed by atoms with E-state index in [2.05, 4.69) is 15.5 Å². The van der Waals surface area contributed by atoms with E-state index in [1.807, 2.05) is 30.3 Å². The van der Waals surface area contributed by atoms with Crippen molar-refractivity contribution in [1.82, 2.24) is 15.5 Å². The lowest BCUT2D eigenvalue weighted by molar-refractivity contribution is 0.242. The molecule has 1 aromatic carbocycles. The zero-order valence-electron chi connectivity index (χ0n) is 10.7. The van der Waals surface area contributed by atoms with Crippen molar-refractivity contribution >= 4 is 0 Å². The highest BCUT2D eigenvalue weighted by atomic mass is 16.5. The molecule has 5 heteroatoms. The molecule has 0 radical (unpaired) electrons. The van der Waals surface area contributed by atoms with Crippen LogP contribution in [0.15, 0.2) is 34.9 Å². The van der Waals surface area contributed by atoms with E-state index in [0.29, 0.717) is 18.4 Å². The zero-order valence-corrected chi connectivity index (χ0v) is 10.7. The molecule has 0 aliphatic carbocycles. The van der Waals surface area contributed by atoms with Gasteiger partial charge in [0, 0.05) is 12.5 Å². The largest absolute Gasteiger partial charge is 0.484 e. The van der Waals surface area contributed by atoms with Gasteiger partial charge in [0.05, 0.1) is 0 Å². The summed E-state index contributed by atoms with van der Waals surface area (Å²) in [6.45, 7) is 2.33. The summed E-state index contributed by atoms with van der Waals surface area (Å²) in [7, 11) is 0. The monoisotopic (exact) mass is 259 g/mol. The fourth-order valence-corrected chi connectivity index (χ4v) is 2.23. The van der Waals surface area contributed by atoms with Gasteiger partial charge in [-0.15, -0.1) is 0 Å². The third kappa shape index (κ3) is 3.12. The molecule has 1 aliphatic rings. The van der Waals surface area contributed by atoms with Crippen LogP contribution in [0.1, 0.15) is 30.5 Å². The number of nitrogens with one attached hydrogen (secondary N) is 1. The number of para-hydroxylation sites is 1. The quantitative estimate of drug-likeness (QED) is 0.911. The molecule has 0 amide bonds. The van der Waals surface area contributed by atoms with Crippen LogP contribution in [-0.4, -0.2) is 23.2 Å². The second-order valence-electron chi connectivity index (χ2n) is 4.69. The predicted molar refractivity (Wildman–Crippen MR) is 69.9 cm³/mol. The molecule has 1 atom stereocenters. The molecular formula is C14H17N3O2. The maximum absolute atomic E-state index is 5.58. The van der Waals surface area contributed by atoms with Gasteiger partial charge in [-0.05, 0) is 31.5 Å². The summed E-state index contributed by atoms with van der Waals surface area (Å²) in [5, 5.41) is 7.39. The summed E-state index contributed by atoms with van der Waals surface area (Å²) in [5.41, 5.74) is 0. The molecule has 1 aliphatic heterocycles. The summed E-state index contributed by atoms with van der Waals surface area (Å²) in [5.74, 6) is 2.49. The molecule has 1 saturated heterocycles. The van der Waals surface area contributed by atoms with Crippen LogP contribution in [0, 0.1) is 0 Å². The van der Waals surface area contributed by atoms with Crippen LogP contribution in [0.4, 0.5) is 0 Å². The number of hydrogen-bond acceptors (Lipinski definition) is 5. The molecule has 19 heavy (non-hydrogen) atoms. The fourth-order valence-electron chi connectivity index (χ4n) is 2.23. The first kappa shape index (κ1) is 12.2. The van der Waals surface area contributed by atoms with Crippen LogP contribution in [0.2, 0.25) is 0 Å². The first-order chi connectivity index (χ1) is 9.42. The van der Waals surface area contributed by atoms with Crippen LogP contribution in [0.25, 0.3) is 0 Å². The molecule has 2 aromatic rings. The van der Waals surface area contributed by atoms with Gasteiger partial charge < -0.3 is 14.6 Å². The first-order valence-corrected chi connectivity index (χ1v) is 6.63. The normalized spacial score (nSPS) is 19.3. The third-order valence-corrected chi connectivity index (χ3v) is 3.25. The van der Waals surface area contributed by atoms with Gasteiger partial charge in [0.25, 0.3) is 5.89 Å². The van der Waals surface area contributed by atoms with Crippen molar-refractivity contribution in [3.8, 4) is 5.75 Å². The van der Waals surface area contributed by atoms with Gasteiger partial charge in [0.2, 0.25) is 0 Å². The summed E-state index contributed by atoms with van der Waals surface area (Å²) in [6.07, 6.45) is 2.28. The van der Waals surface area contributed by atoms with Gasteiger partial charge in [-0.25, -0.2) is 0 Å². The molecule has 100 valence electrons. The Balaban J connectivity index is 1.58. The van der Waals surface area contributed by atoms with Crippen LogP contribution >= 0.6 is 0 Å². The highest BCUT2D eigenvalue weighted by molar-refractivity contribution is 5.20. The van der Waals surface area contributed by atoms with Crippen molar-refractivity contribution in [1.29, 1.82) is 0 Å². The van der Waals surface area contributed by atoms with Crippen molar-refractivity contribution in [2.24, 2.45) is 0 Å². The number of benzene rings is 1. The number of nitrogens with zero attached hydrogens (tertiary/aromatic N) is 2. The second kappa shape index (κ2) is 5.84. The molecule has 2 heterocycles. The van der Waals surface area contributed by atoms with Crippen molar-refractivity contribution in [2.75, 3.05) is 13.1 Å². The van der Waals surface area contributed by atoms with Gasteiger partial charge in [-0.1, -0.05) is 23.4 Å². The highest BCUT2D eigenvalue weighted by Crippen LogP contribution is 2.20. The Kier molecular flexibility index (Phi) is 3.74. The number of aromatic nitrogens is 2. The van der Waals surface area contributed by atoms with Crippen molar-refractivity contribution in [3.63, 3.8) is 0 Å². The van der Waals surface area contributed by atoms with Crippen LogP contribution in [0.5, 0.6) is 5.75 Å². The average molecular weight is 259 g/mol. The van der Waals surface area contributed by atoms with Gasteiger partial charge in [-0.3, -0.25) is 0 Å². The van der Waals surface area contributed by atoms with E-state index in [1.54, 1.807) is 0 Å². The maximum atomic E-state index is 5.58. The topological polar surface area (TPSA) is 60.2 Å². The lowest BCUT2D eigenvalue weighted by atomic mass is 9.99. The lowest BCUT2D eigenvalue weighted by Crippen LogP contribution is -2.28. The Morgan fingerprint density at radius 3 is 3.00 bits per heavy atom. The van der Waals surface area contributed by atoms with Crippen molar-refractivity contribution in [2.45, 2.75) is 25.4 Å². The molecule has 0 unspecified atom stereocenters. The minimum absolute atomic E-state index is 0.317. The summed E-state index contributed by atoms with van der Waals surface area (Å²) >= 11 is 0. The number of piperidine rings is 1. The molecule has 0 spiro atoms. The minimum atomic E-state index is 0.317. The van der Waals surface area contributed by atoms with Gasteiger partial charge in [-0.2, -0.15) is 4.98 Å². The van der Waals surface area contributed by atoms with Crippen LogP contribution in [-0.2, 0) is 6.61 Å². The van der Waals surface area contributed by atoms with Crippen molar-refractivity contribution < 1.29 is 9.26 Å². The SMILES string of the molecule is c1ccc(OCc2nc([C@H]3CCCNC3)no2)cc1. The van der Waals surface area contributed by atoms with E-state index in [1.165, 1.54) is 0 Å². The zero-order chi connectivity index (χ0) is 12.9. The van der Waals surface area contributed by atoms with Crippen LogP contribution < -0.4 is 10.1 Å². The third-order valence-electron chi connectivity index (χ3n) is 3.25. The van der Waals surface area contributed by atoms with E-state index < -0.39 is 0 Å². The second-order valence-corrected chi connectivity index (χ2v) is 4.69. The summed E-state index contributed by atoms with van der Waals surface area (Å²) in [6, 6.07) is 9.63. The van der Waals surface area contributed by atoms with E-state index in [0.717, 1.165) is 37.5 Å². The fraction of sp³-hybridized carbons (Fsp3) is 0.429. The summed E-state index contributed by atoms with van der Waals surface area (Å²) in [4.78, 5) is 4.41. The highest BCUT2D eigenvalue weighted by Gasteiger charge is 2.20. The number of hydrogen-bond donors (Lipinski definition) is 1. The van der Waals surface area contributed by atoms with Gasteiger partial charge in [0.1, 0.15) is 5.75 Å². The Labute approximate surface area is 112 Å². The van der Waals surface area contributed by atoms with Gasteiger partial charge in [0.15, 0.2) is 12.4 Å². The molecular weight excluding hydrogens is 242 g/mol. The van der Waals surface area contributed by atoms with Crippen LogP contribution in [0.3, 0.4) is 0 Å². The first-order valence-electron chi connectivity index (χ1n) is 6.63. The molecule has 0 bridgehead atoms. The Morgan fingerprint density at radius 1 is 1.32 bits per heavy atom. The molecule has 1 N–H and O–H groups in total. The summed E-state index contributed by atoms with van der Waals surface area (Å²) < 4.78 is 10.8. The molecule has 1 aromatic heterocycles. The predicted octanol–water partition coefficient (Wildman–Crippen LogP) is 2.12. The average Bonchev–Trinajstić information content (AvgIpc) is 2.96. The number of rotatable bonds is 4. The molecule has 3 rings (SSSR count). The lowest BCUT2D eigenvalue weighted by Gasteiger charge is -2.19. The number of ether oxygens (including phenoxy) is 1. The Hall–Kier alpha value is -1.88. The maximum Gasteiger partial charge on any atom is 0.264 e. The molecule has 5 nitrogen and oxygen atoms in total. The molecule has 0 saturated carbocycles. The van der Waals surface area contributed by atoms with E-state index >= 15 is 0 Å². The smallest absolute Gasteiger partial charge is 0.264 e. The van der Waals surface area contributed by atoms with E-state index in [9.17, 15) is 0 Å². The van der Waals surface area contributed by atoms with E-state index in [4.69, 9.17) is 9.26 Å². The molecule has 1 fully saturated rings. The Morgan fingerprint density at radius 2 is 2.21 bits per heavy atom. The van der Waals surface area contributed by atoms with Gasteiger partial charge >= 0.3 is 0 Å². The Bertz CT molecular complexity index is 506.